The van der Waals surface area contributed by atoms with Crippen molar-refractivity contribution in [1.82, 2.24) is 15.1 Å². The minimum Gasteiger partial charge on any atom is -0.392 e. The monoisotopic (exact) mass is 357 g/mol. The van der Waals surface area contributed by atoms with Gasteiger partial charge in [0.2, 0.25) is 5.91 Å². The summed E-state index contributed by atoms with van der Waals surface area (Å²) in [5, 5.41) is 12.6. The molecule has 22 heavy (non-hydrogen) atoms. The van der Waals surface area contributed by atoms with Crippen molar-refractivity contribution in [2.75, 3.05) is 45.9 Å². The average molecular weight is 358 g/mol. The molecular formula is C14H29Cl2N3O3. The summed E-state index contributed by atoms with van der Waals surface area (Å²) in [6.45, 7) is 9.65. The van der Waals surface area contributed by atoms with Gasteiger partial charge in [-0.25, -0.2) is 0 Å². The number of hydrogen-bond acceptors (Lipinski definition) is 5. The van der Waals surface area contributed by atoms with E-state index in [1.165, 1.54) is 0 Å². The standard InChI is InChI=1S/C14H27N3O3.2ClH/c1-11(2)20-8-7-16-3-5-17(6-4-16)14(19)13-9-12(18)10-15-13;;/h11-13,15,18H,3-10H2,1-2H3;2*1H. The normalized spacial score (nSPS) is 25.7. The predicted molar refractivity (Wildman–Crippen MR) is 91.0 cm³/mol. The molecule has 0 radical (unpaired) electrons. The van der Waals surface area contributed by atoms with Crippen molar-refractivity contribution in [1.29, 1.82) is 0 Å². The van der Waals surface area contributed by atoms with Crippen LogP contribution in [0.1, 0.15) is 20.3 Å². The summed E-state index contributed by atoms with van der Waals surface area (Å²) in [7, 11) is 0. The Labute approximate surface area is 145 Å². The molecule has 0 bridgehead atoms. The van der Waals surface area contributed by atoms with Crippen molar-refractivity contribution in [3.63, 3.8) is 0 Å². The molecule has 0 saturated carbocycles. The van der Waals surface area contributed by atoms with E-state index < -0.39 is 0 Å². The van der Waals surface area contributed by atoms with Crippen LogP contribution >= 0.6 is 24.8 Å². The molecule has 2 aliphatic heterocycles. The lowest BCUT2D eigenvalue weighted by Crippen LogP contribution is -2.53. The van der Waals surface area contributed by atoms with Gasteiger partial charge in [0, 0.05) is 39.3 Å². The third-order valence-corrected chi connectivity index (χ3v) is 3.95. The molecule has 2 aliphatic rings. The Kier molecular flexibility index (Phi) is 10.6. The molecule has 0 aromatic heterocycles. The number of aliphatic hydroxyl groups is 1. The van der Waals surface area contributed by atoms with E-state index in [1.807, 2.05) is 18.7 Å². The zero-order valence-electron chi connectivity index (χ0n) is 13.4. The van der Waals surface area contributed by atoms with Crippen LogP contribution in [0.3, 0.4) is 0 Å². The minimum absolute atomic E-state index is 0. The molecule has 2 unspecified atom stereocenters. The zero-order chi connectivity index (χ0) is 14.5. The Bertz CT molecular complexity index is 326. The van der Waals surface area contributed by atoms with Gasteiger partial charge in [-0.15, -0.1) is 24.8 Å². The number of hydrogen-bond donors (Lipinski definition) is 2. The molecule has 0 aliphatic carbocycles. The van der Waals surface area contributed by atoms with Gasteiger partial charge in [0.05, 0.1) is 24.9 Å². The lowest BCUT2D eigenvalue weighted by molar-refractivity contribution is -0.135. The topological polar surface area (TPSA) is 65.0 Å². The van der Waals surface area contributed by atoms with E-state index >= 15 is 0 Å². The molecule has 2 fully saturated rings. The van der Waals surface area contributed by atoms with E-state index in [0.29, 0.717) is 13.0 Å². The van der Waals surface area contributed by atoms with E-state index in [-0.39, 0.29) is 49.0 Å². The second-order valence-electron chi connectivity index (χ2n) is 5.94. The molecule has 0 aromatic carbocycles. The molecule has 2 N–H and O–H groups in total. The van der Waals surface area contributed by atoms with Gasteiger partial charge in [0.25, 0.3) is 0 Å². The number of carbonyl (C=O) groups excluding carboxylic acids is 1. The number of aliphatic hydroxyl groups excluding tert-OH is 1. The summed E-state index contributed by atoms with van der Waals surface area (Å²) < 4.78 is 5.55. The van der Waals surface area contributed by atoms with E-state index in [9.17, 15) is 9.90 Å². The summed E-state index contributed by atoms with van der Waals surface area (Å²) in [6.07, 6.45) is 0.442. The molecule has 2 saturated heterocycles. The number of amides is 1. The van der Waals surface area contributed by atoms with Crippen molar-refractivity contribution < 1.29 is 14.6 Å². The third kappa shape index (κ3) is 6.56. The van der Waals surface area contributed by atoms with Crippen LogP contribution in [0.5, 0.6) is 0 Å². The van der Waals surface area contributed by atoms with Gasteiger partial charge >= 0.3 is 0 Å². The van der Waals surface area contributed by atoms with Crippen molar-refractivity contribution in [2.45, 2.75) is 38.5 Å². The van der Waals surface area contributed by atoms with Crippen LogP contribution in [0.15, 0.2) is 0 Å². The van der Waals surface area contributed by atoms with Crippen LogP contribution in [-0.4, -0.2) is 84.9 Å². The molecule has 2 heterocycles. The first-order chi connectivity index (χ1) is 9.56. The molecule has 1 amide bonds. The highest BCUT2D eigenvalue weighted by molar-refractivity contribution is 5.85. The first kappa shape index (κ1) is 21.9. The van der Waals surface area contributed by atoms with Gasteiger partial charge in [0.1, 0.15) is 0 Å². The Morgan fingerprint density at radius 1 is 1.27 bits per heavy atom. The lowest BCUT2D eigenvalue weighted by Gasteiger charge is -2.36. The van der Waals surface area contributed by atoms with Crippen molar-refractivity contribution in [3.8, 4) is 0 Å². The SMILES string of the molecule is CC(C)OCCN1CCN(C(=O)C2CC(O)CN2)CC1.Cl.Cl. The van der Waals surface area contributed by atoms with Gasteiger partial charge in [-0.3, -0.25) is 9.69 Å². The highest BCUT2D eigenvalue weighted by Gasteiger charge is 2.32. The predicted octanol–water partition coefficient (Wildman–Crippen LogP) is 0.122. The smallest absolute Gasteiger partial charge is 0.239 e. The fraction of sp³-hybridized carbons (Fsp3) is 0.929. The summed E-state index contributed by atoms with van der Waals surface area (Å²) in [6, 6.07) is -0.194. The van der Waals surface area contributed by atoms with Gasteiger partial charge < -0.3 is 20.1 Å². The lowest BCUT2D eigenvalue weighted by atomic mass is 10.1. The van der Waals surface area contributed by atoms with Crippen molar-refractivity contribution in [2.24, 2.45) is 0 Å². The summed E-state index contributed by atoms with van der Waals surface area (Å²) >= 11 is 0. The van der Waals surface area contributed by atoms with Gasteiger partial charge in [-0.1, -0.05) is 0 Å². The molecule has 2 atom stereocenters. The molecule has 132 valence electrons. The molecular weight excluding hydrogens is 329 g/mol. The van der Waals surface area contributed by atoms with Crippen molar-refractivity contribution >= 4 is 30.7 Å². The van der Waals surface area contributed by atoms with Gasteiger partial charge in [-0.05, 0) is 20.3 Å². The first-order valence-corrected chi connectivity index (χ1v) is 7.60. The second-order valence-corrected chi connectivity index (χ2v) is 5.94. The summed E-state index contributed by atoms with van der Waals surface area (Å²) in [5.41, 5.74) is 0. The number of piperazine rings is 1. The Balaban J connectivity index is 0.00000220. The largest absolute Gasteiger partial charge is 0.392 e. The average Bonchev–Trinajstić information content (AvgIpc) is 2.85. The summed E-state index contributed by atoms with van der Waals surface area (Å²) in [5.74, 6) is 0.139. The Morgan fingerprint density at radius 3 is 2.41 bits per heavy atom. The number of nitrogens with one attached hydrogen (secondary N) is 1. The van der Waals surface area contributed by atoms with E-state index in [0.717, 1.165) is 39.3 Å². The van der Waals surface area contributed by atoms with Gasteiger partial charge in [-0.2, -0.15) is 0 Å². The molecule has 0 aromatic rings. The van der Waals surface area contributed by atoms with Crippen LogP contribution in [0.4, 0.5) is 0 Å². The molecule has 0 spiro atoms. The third-order valence-electron chi connectivity index (χ3n) is 3.95. The highest BCUT2D eigenvalue weighted by Crippen LogP contribution is 2.11. The zero-order valence-corrected chi connectivity index (χ0v) is 15.0. The molecule has 6 nitrogen and oxygen atoms in total. The number of rotatable bonds is 5. The second kappa shape index (κ2) is 10.6. The fourth-order valence-electron chi connectivity index (χ4n) is 2.73. The van der Waals surface area contributed by atoms with Crippen LogP contribution < -0.4 is 5.32 Å². The van der Waals surface area contributed by atoms with E-state index in [1.54, 1.807) is 0 Å². The highest BCUT2D eigenvalue weighted by atomic mass is 35.5. The number of nitrogens with zero attached hydrogens (tertiary/aromatic N) is 2. The maximum Gasteiger partial charge on any atom is 0.239 e. The maximum atomic E-state index is 12.3. The van der Waals surface area contributed by atoms with Gasteiger partial charge in [0.15, 0.2) is 0 Å². The Morgan fingerprint density at radius 2 is 1.91 bits per heavy atom. The van der Waals surface area contributed by atoms with E-state index in [4.69, 9.17) is 4.74 Å². The van der Waals surface area contributed by atoms with Crippen LogP contribution in [0, 0.1) is 0 Å². The number of β-amino-alcohol motifs (C(OH)–C–C–N with tert-alkyl or cyclic N) is 1. The van der Waals surface area contributed by atoms with Crippen molar-refractivity contribution in [3.05, 3.63) is 0 Å². The van der Waals surface area contributed by atoms with Crippen LogP contribution in [-0.2, 0) is 9.53 Å². The number of halogens is 2. The quantitative estimate of drug-likeness (QED) is 0.731. The Hall–Kier alpha value is -0.110. The molecule has 2 rings (SSSR count). The van der Waals surface area contributed by atoms with Crippen LogP contribution in [0.2, 0.25) is 0 Å². The number of carbonyl (C=O) groups is 1. The first-order valence-electron chi connectivity index (χ1n) is 7.60. The number of ether oxygens (including phenoxy) is 1. The minimum atomic E-state index is -0.376. The fourth-order valence-corrected chi connectivity index (χ4v) is 2.73. The van der Waals surface area contributed by atoms with Crippen LogP contribution in [0.25, 0.3) is 0 Å². The summed E-state index contributed by atoms with van der Waals surface area (Å²) in [4.78, 5) is 16.5. The van der Waals surface area contributed by atoms with E-state index in [2.05, 4.69) is 10.2 Å². The maximum absolute atomic E-state index is 12.3. The molecule has 8 heteroatoms.